The van der Waals surface area contributed by atoms with E-state index in [1.165, 1.54) is 48.2 Å². The van der Waals surface area contributed by atoms with Crippen molar-refractivity contribution in [3.8, 4) is 11.1 Å². The molecule has 0 amide bonds. The zero-order chi connectivity index (χ0) is 17.5. The van der Waals surface area contributed by atoms with Gasteiger partial charge in [-0.3, -0.25) is 4.79 Å². The van der Waals surface area contributed by atoms with Gasteiger partial charge in [0.2, 0.25) is 0 Å². The lowest BCUT2D eigenvalue weighted by molar-refractivity contribution is -0.122. The molecular formula is C23H26N2O. The molecule has 2 aromatic rings. The predicted molar refractivity (Wildman–Crippen MR) is 104 cm³/mol. The van der Waals surface area contributed by atoms with Crippen LogP contribution < -0.4 is 5.32 Å². The van der Waals surface area contributed by atoms with Crippen molar-refractivity contribution in [2.24, 2.45) is 5.92 Å². The van der Waals surface area contributed by atoms with Gasteiger partial charge in [-0.1, -0.05) is 48.5 Å². The third-order valence-corrected chi connectivity index (χ3v) is 6.47. The third kappa shape index (κ3) is 2.62. The first-order valence-corrected chi connectivity index (χ1v) is 10.0. The largest absolute Gasteiger partial charge is 0.307 e. The predicted octanol–water partition coefficient (Wildman–Crippen LogP) is 3.44. The Morgan fingerprint density at radius 1 is 0.962 bits per heavy atom. The summed E-state index contributed by atoms with van der Waals surface area (Å²) < 4.78 is 0. The van der Waals surface area contributed by atoms with Crippen LogP contribution in [0.2, 0.25) is 0 Å². The topological polar surface area (TPSA) is 32.3 Å². The molecular weight excluding hydrogens is 320 g/mol. The Hall–Kier alpha value is -1.97. The van der Waals surface area contributed by atoms with Gasteiger partial charge < -0.3 is 10.2 Å². The molecule has 0 bridgehead atoms. The molecule has 0 aromatic heterocycles. The molecule has 5 rings (SSSR count). The van der Waals surface area contributed by atoms with E-state index in [9.17, 15) is 4.79 Å². The van der Waals surface area contributed by atoms with Crippen LogP contribution in [-0.4, -0.2) is 42.9 Å². The Morgan fingerprint density at radius 3 is 2.23 bits per heavy atom. The van der Waals surface area contributed by atoms with Gasteiger partial charge in [-0.2, -0.15) is 0 Å². The zero-order valence-electron chi connectivity index (χ0n) is 15.2. The molecule has 134 valence electrons. The first-order valence-electron chi connectivity index (χ1n) is 10.0. The van der Waals surface area contributed by atoms with Gasteiger partial charge in [-0.05, 0) is 67.1 Å². The van der Waals surface area contributed by atoms with Crippen molar-refractivity contribution in [3.63, 3.8) is 0 Å². The van der Waals surface area contributed by atoms with Crippen LogP contribution in [0.3, 0.4) is 0 Å². The standard InChI is InChI=1S/C23H26N2O/c26-23(22-16(11-12-24-22)15-25-13-5-6-14-25)21-19-9-3-1-7-17(19)18-8-2-4-10-20(18)21/h1-4,7-10,16,21-22,24H,5-6,11-15H2/t16-,22?/m0/s1. The fourth-order valence-corrected chi connectivity index (χ4v) is 5.23. The van der Waals surface area contributed by atoms with Crippen molar-refractivity contribution in [2.45, 2.75) is 31.2 Å². The van der Waals surface area contributed by atoms with Gasteiger partial charge >= 0.3 is 0 Å². The van der Waals surface area contributed by atoms with E-state index in [0.717, 1.165) is 19.5 Å². The average Bonchev–Trinajstić information content (AvgIpc) is 3.40. The number of nitrogens with zero attached hydrogens (tertiary/aromatic N) is 1. The van der Waals surface area contributed by atoms with Gasteiger partial charge in [0, 0.05) is 6.54 Å². The van der Waals surface area contributed by atoms with E-state index in [-0.39, 0.29) is 12.0 Å². The Labute approximate surface area is 155 Å². The van der Waals surface area contributed by atoms with Crippen LogP contribution in [0.25, 0.3) is 11.1 Å². The summed E-state index contributed by atoms with van der Waals surface area (Å²) >= 11 is 0. The average molecular weight is 346 g/mol. The molecule has 0 radical (unpaired) electrons. The minimum Gasteiger partial charge on any atom is -0.307 e. The van der Waals surface area contributed by atoms with Crippen LogP contribution in [0.15, 0.2) is 48.5 Å². The number of nitrogens with one attached hydrogen (secondary N) is 1. The Balaban J connectivity index is 1.46. The van der Waals surface area contributed by atoms with Gasteiger partial charge in [-0.25, -0.2) is 0 Å². The molecule has 3 nitrogen and oxygen atoms in total. The summed E-state index contributed by atoms with van der Waals surface area (Å²) in [5.74, 6) is 0.698. The maximum absolute atomic E-state index is 13.7. The maximum Gasteiger partial charge on any atom is 0.161 e. The molecule has 1 aliphatic carbocycles. The van der Waals surface area contributed by atoms with Gasteiger partial charge in [-0.15, -0.1) is 0 Å². The fourth-order valence-electron chi connectivity index (χ4n) is 5.23. The summed E-state index contributed by atoms with van der Waals surface area (Å²) in [5.41, 5.74) is 4.84. The summed E-state index contributed by atoms with van der Waals surface area (Å²) in [6.07, 6.45) is 3.73. The lowest BCUT2D eigenvalue weighted by Crippen LogP contribution is -2.42. The molecule has 2 fully saturated rings. The van der Waals surface area contributed by atoms with Crippen LogP contribution in [0.4, 0.5) is 0 Å². The highest BCUT2D eigenvalue weighted by Crippen LogP contribution is 2.46. The third-order valence-electron chi connectivity index (χ3n) is 6.47. The maximum atomic E-state index is 13.7. The van der Waals surface area contributed by atoms with E-state index in [2.05, 4.69) is 58.7 Å². The lowest BCUT2D eigenvalue weighted by atomic mass is 9.84. The number of likely N-dealkylation sites (tertiary alicyclic amines) is 1. The number of ketones is 1. The summed E-state index contributed by atoms with van der Waals surface area (Å²) in [4.78, 5) is 16.2. The fraction of sp³-hybridized carbons (Fsp3) is 0.435. The van der Waals surface area contributed by atoms with Gasteiger partial charge in [0.1, 0.15) is 0 Å². The number of carbonyl (C=O) groups is 1. The van der Waals surface area contributed by atoms with E-state index in [4.69, 9.17) is 0 Å². The summed E-state index contributed by atoms with van der Waals surface area (Å²) in [6, 6.07) is 16.9. The number of hydrogen-bond acceptors (Lipinski definition) is 3. The Morgan fingerprint density at radius 2 is 1.58 bits per heavy atom. The van der Waals surface area contributed by atoms with E-state index < -0.39 is 0 Å². The van der Waals surface area contributed by atoms with E-state index >= 15 is 0 Å². The van der Waals surface area contributed by atoms with Crippen LogP contribution in [0, 0.1) is 5.92 Å². The lowest BCUT2D eigenvalue weighted by Gasteiger charge is -2.26. The van der Waals surface area contributed by atoms with Crippen molar-refractivity contribution < 1.29 is 4.79 Å². The van der Waals surface area contributed by atoms with Crippen molar-refractivity contribution in [3.05, 3.63) is 59.7 Å². The number of hydrogen-bond donors (Lipinski definition) is 1. The molecule has 0 spiro atoms. The van der Waals surface area contributed by atoms with Crippen molar-refractivity contribution in [2.75, 3.05) is 26.2 Å². The zero-order valence-corrected chi connectivity index (χ0v) is 15.2. The van der Waals surface area contributed by atoms with E-state index in [1.54, 1.807) is 0 Å². The highest BCUT2D eigenvalue weighted by molar-refractivity contribution is 6.00. The first-order chi connectivity index (χ1) is 12.8. The quantitative estimate of drug-likeness (QED) is 0.920. The number of benzene rings is 2. The van der Waals surface area contributed by atoms with Gasteiger partial charge in [0.25, 0.3) is 0 Å². The highest BCUT2D eigenvalue weighted by Gasteiger charge is 2.41. The Bertz CT molecular complexity index is 779. The molecule has 3 heteroatoms. The van der Waals surface area contributed by atoms with Crippen molar-refractivity contribution >= 4 is 5.78 Å². The van der Waals surface area contributed by atoms with E-state index in [0.29, 0.717) is 11.7 Å². The van der Waals surface area contributed by atoms with Crippen molar-refractivity contribution in [1.29, 1.82) is 0 Å². The molecule has 2 saturated heterocycles. The molecule has 1 unspecified atom stereocenters. The molecule has 2 aromatic carbocycles. The van der Waals surface area contributed by atoms with Crippen LogP contribution in [0.5, 0.6) is 0 Å². The molecule has 2 heterocycles. The normalized spacial score (nSPS) is 25.4. The highest BCUT2D eigenvalue weighted by atomic mass is 16.1. The van der Waals surface area contributed by atoms with Gasteiger partial charge in [0.15, 0.2) is 5.78 Å². The molecule has 0 saturated carbocycles. The molecule has 26 heavy (non-hydrogen) atoms. The second-order valence-corrected chi connectivity index (χ2v) is 8.00. The minimum atomic E-state index is -0.112. The van der Waals surface area contributed by atoms with Crippen LogP contribution >= 0.6 is 0 Å². The monoisotopic (exact) mass is 346 g/mol. The number of Topliss-reactive ketones (excluding diaryl/α,β-unsaturated/α-hetero) is 1. The van der Waals surface area contributed by atoms with E-state index in [1.807, 2.05) is 0 Å². The molecule has 2 aliphatic heterocycles. The first kappa shape index (κ1) is 16.2. The number of rotatable bonds is 4. The van der Waals surface area contributed by atoms with Crippen LogP contribution in [0.1, 0.15) is 36.3 Å². The second kappa shape index (κ2) is 6.64. The summed E-state index contributed by atoms with van der Waals surface area (Å²) in [7, 11) is 0. The summed E-state index contributed by atoms with van der Waals surface area (Å²) in [6.45, 7) is 4.43. The molecule has 2 atom stereocenters. The SMILES string of the molecule is O=C(C1c2ccccc2-c2ccccc21)C1NCC[C@H]1CN1CCCC1. The van der Waals surface area contributed by atoms with Crippen LogP contribution in [-0.2, 0) is 4.79 Å². The van der Waals surface area contributed by atoms with Gasteiger partial charge in [0.05, 0.1) is 12.0 Å². The summed E-state index contributed by atoms with van der Waals surface area (Å²) in [5, 5.41) is 3.54. The minimum absolute atomic E-state index is 0.0141. The Kier molecular flexibility index (Phi) is 4.14. The second-order valence-electron chi connectivity index (χ2n) is 8.00. The molecule has 3 aliphatic rings. The van der Waals surface area contributed by atoms with Crippen molar-refractivity contribution in [1.82, 2.24) is 10.2 Å². The molecule has 1 N–H and O–H groups in total. The number of carbonyl (C=O) groups excluding carboxylic acids is 1. The number of fused-ring (bicyclic) bond motifs is 3. The smallest absolute Gasteiger partial charge is 0.161 e.